The zero-order valence-electron chi connectivity index (χ0n) is 9.49. The second-order valence-electron chi connectivity index (χ2n) is 3.40. The van der Waals surface area contributed by atoms with Crippen molar-refractivity contribution in [3.63, 3.8) is 0 Å². The van der Waals surface area contributed by atoms with Gasteiger partial charge in [-0.25, -0.2) is 9.97 Å². The third-order valence-electron chi connectivity index (χ3n) is 2.15. The van der Waals surface area contributed by atoms with Crippen LogP contribution in [0.3, 0.4) is 0 Å². The number of rotatable bonds is 4. The number of aromatic nitrogens is 2. The molecule has 1 heterocycles. The maximum atomic E-state index is 8.56. The molecule has 0 N–H and O–H groups in total. The molecule has 1 rings (SSSR count). The highest BCUT2D eigenvalue weighted by atomic mass is 15.2. The summed E-state index contributed by atoms with van der Waals surface area (Å²) in [5, 5.41) is 8.56. The lowest BCUT2D eigenvalue weighted by Gasteiger charge is -2.20. The highest BCUT2D eigenvalue weighted by Gasteiger charge is 2.06. The standard InChI is InChI=1S/C11H16N4/c1-4-15(7-5-6-12)11-8-9(2)13-10(3)14-11/h8H,4-5,7H2,1-3H3. The molecular weight excluding hydrogens is 188 g/mol. The van der Waals surface area contributed by atoms with Crippen molar-refractivity contribution < 1.29 is 0 Å². The summed E-state index contributed by atoms with van der Waals surface area (Å²) >= 11 is 0. The van der Waals surface area contributed by atoms with Gasteiger partial charge in [-0.05, 0) is 20.8 Å². The van der Waals surface area contributed by atoms with E-state index in [-0.39, 0.29) is 0 Å². The molecule has 0 aliphatic heterocycles. The Morgan fingerprint density at radius 3 is 2.67 bits per heavy atom. The predicted molar refractivity (Wildman–Crippen MR) is 59.6 cm³/mol. The largest absolute Gasteiger partial charge is 0.356 e. The Morgan fingerprint density at radius 1 is 1.40 bits per heavy atom. The third-order valence-corrected chi connectivity index (χ3v) is 2.15. The van der Waals surface area contributed by atoms with Gasteiger partial charge in [0.25, 0.3) is 0 Å². The van der Waals surface area contributed by atoms with Crippen LogP contribution in [0.2, 0.25) is 0 Å². The van der Waals surface area contributed by atoms with Crippen molar-refractivity contribution in [2.24, 2.45) is 0 Å². The summed E-state index contributed by atoms with van der Waals surface area (Å²) in [6, 6.07) is 4.10. The maximum absolute atomic E-state index is 8.56. The summed E-state index contributed by atoms with van der Waals surface area (Å²) in [7, 11) is 0. The Morgan fingerprint density at radius 2 is 2.13 bits per heavy atom. The van der Waals surface area contributed by atoms with E-state index in [1.54, 1.807) is 0 Å². The van der Waals surface area contributed by atoms with E-state index in [2.05, 4.69) is 27.9 Å². The molecule has 15 heavy (non-hydrogen) atoms. The molecule has 0 saturated heterocycles. The monoisotopic (exact) mass is 204 g/mol. The molecule has 0 amide bonds. The molecule has 0 unspecified atom stereocenters. The van der Waals surface area contributed by atoms with Gasteiger partial charge in [0.05, 0.1) is 12.5 Å². The van der Waals surface area contributed by atoms with Crippen LogP contribution in [0.5, 0.6) is 0 Å². The Labute approximate surface area is 90.6 Å². The molecule has 0 aliphatic rings. The molecule has 0 spiro atoms. The third kappa shape index (κ3) is 3.21. The van der Waals surface area contributed by atoms with Crippen molar-refractivity contribution in [3.8, 4) is 6.07 Å². The first kappa shape index (κ1) is 11.4. The molecule has 1 aromatic rings. The molecule has 0 atom stereocenters. The van der Waals surface area contributed by atoms with Crippen molar-refractivity contribution in [2.45, 2.75) is 27.2 Å². The smallest absolute Gasteiger partial charge is 0.132 e. The van der Waals surface area contributed by atoms with E-state index in [1.807, 2.05) is 19.9 Å². The molecule has 4 heteroatoms. The molecule has 0 saturated carbocycles. The van der Waals surface area contributed by atoms with E-state index in [4.69, 9.17) is 5.26 Å². The summed E-state index contributed by atoms with van der Waals surface area (Å²) in [5.74, 6) is 1.69. The average Bonchev–Trinajstić information content (AvgIpc) is 2.17. The van der Waals surface area contributed by atoms with Crippen molar-refractivity contribution in [1.29, 1.82) is 5.26 Å². The number of anilines is 1. The summed E-state index contributed by atoms with van der Waals surface area (Å²) in [5.41, 5.74) is 0.966. The van der Waals surface area contributed by atoms with E-state index >= 15 is 0 Å². The normalized spacial score (nSPS) is 9.73. The van der Waals surface area contributed by atoms with Gasteiger partial charge in [0.1, 0.15) is 11.6 Å². The van der Waals surface area contributed by atoms with Gasteiger partial charge < -0.3 is 4.90 Å². The minimum absolute atomic E-state index is 0.524. The highest BCUT2D eigenvalue weighted by molar-refractivity contribution is 5.39. The van der Waals surface area contributed by atoms with Crippen LogP contribution in [0.1, 0.15) is 24.9 Å². The lowest BCUT2D eigenvalue weighted by molar-refractivity contribution is 0.799. The van der Waals surface area contributed by atoms with Gasteiger partial charge >= 0.3 is 0 Å². The fraction of sp³-hybridized carbons (Fsp3) is 0.545. The van der Waals surface area contributed by atoms with Crippen molar-refractivity contribution in [3.05, 3.63) is 17.6 Å². The highest BCUT2D eigenvalue weighted by Crippen LogP contribution is 2.12. The topological polar surface area (TPSA) is 52.8 Å². The number of hydrogen-bond donors (Lipinski definition) is 0. The molecule has 0 aliphatic carbocycles. The van der Waals surface area contributed by atoms with Gasteiger partial charge in [-0.3, -0.25) is 0 Å². The van der Waals surface area contributed by atoms with Gasteiger partial charge in [0.15, 0.2) is 0 Å². The Hall–Kier alpha value is -1.63. The first-order valence-corrected chi connectivity index (χ1v) is 5.11. The van der Waals surface area contributed by atoms with Crippen LogP contribution >= 0.6 is 0 Å². The predicted octanol–water partition coefficient (Wildman–Crippen LogP) is 1.83. The molecule has 80 valence electrons. The van der Waals surface area contributed by atoms with E-state index in [0.717, 1.165) is 30.4 Å². The van der Waals surface area contributed by atoms with Crippen molar-refractivity contribution >= 4 is 5.82 Å². The van der Waals surface area contributed by atoms with E-state index in [9.17, 15) is 0 Å². The van der Waals surface area contributed by atoms with Gasteiger partial charge in [-0.15, -0.1) is 0 Å². The Bertz CT molecular complexity index is 347. The van der Waals surface area contributed by atoms with Crippen LogP contribution < -0.4 is 4.90 Å². The van der Waals surface area contributed by atoms with Crippen LogP contribution in [0, 0.1) is 25.2 Å². The molecule has 0 aromatic carbocycles. The van der Waals surface area contributed by atoms with Crippen LogP contribution in [0.15, 0.2) is 6.07 Å². The summed E-state index contributed by atoms with van der Waals surface area (Å²) in [4.78, 5) is 10.7. The van der Waals surface area contributed by atoms with E-state index in [0.29, 0.717) is 6.42 Å². The summed E-state index contributed by atoms with van der Waals surface area (Å²) < 4.78 is 0. The molecule has 0 radical (unpaired) electrons. The number of aryl methyl sites for hydroxylation is 2. The molecular formula is C11H16N4. The van der Waals surface area contributed by atoms with Crippen LogP contribution in [0.25, 0.3) is 0 Å². The van der Waals surface area contributed by atoms with Crippen molar-refractivity contribution in [1.82, 2.24) is 9.97 Å². The first-order chi connectivity index (χ1) is 7.17. The van der Waals surface area contributed by atoms with Crippen LogP contribution in [-0.2, 0) is 0 Å². The first-order valence-electron chi connectivity index (χ1n) is 5.11. The lowest BCUT2D eigenvalue weighted by atomic mass is 10.3. The molecule has 1 aromatic heterocycles. The van der Waals surface area contributed by atoms with Gasteiger partial charge in [0.2, 0.25) is 0 Å². The second kappa shape index (κ2) is 5.30. The van der Waals surface area contributed by atoms with Gasteiger partial charge in [-0.1, -0.05) is 0 Å². The SMILES string of the molecule is CCN(CCC#N)c1cc(C)nc(C)n1. The van der Waals surface area contributed by atoms with Crippen LogP contribution in [-0.4, -0.2) is 23.1 Å². The average molecular weight is 204 g/mol. The number of hydrogen-bond acceptors (Lipinski definition) is 4. The van der Waals surface area contributed by atoms with E-state index < -0.39 is 0 Å². The quantitative estimate of drug-likeness (QED) is 0.750. The minimum atomic E-state index is 0.524. The summed E-state index contributed by atoms with van der Waals surface area (Å²) in [6.45, 7) is 7.48. The number of nitrogens with zero attached hydrogens (tertiary/aromatic N) is 4. The zero-order chi connectivity index (χ0) is 11.3. The van der Waals surface area contributed by atoms with Crippen LogP contribution in [0.4, 0.5) is 5.82 Å². The van der Waals surface area contributed by atoms with Crippen molar-refractivity contribution in [2.75, 3.05) is 18.0 Å². The Balaban J connectivity index is 2.87. The molecule has 4 nitrogen and oxygen atoms in total. The summed E-state index contributed by atoms with van der Waals surface area (Å²) in [6.07, 6.45) is 0.524. The fourth-order valence-electron chi connectivity index (χ4n) is 1.48. The van der Waals surface area contributed by atoms with Gasteiger partial charge in [0, 0.05) is 24.8 Å². The molecule has 0 fully saturated rings. The number of nitriles is 1. The fourth-order valence-corrected chi connectivity index (χ4v) is 1.48. The Kier molecular flexibility index (Phi) is 4.04. The second-order valence-corrected chi connectivity index (χ2v) is 3.40. The zero-order valence-corrected chi connectivity index (χ0v) is 9.49. The maximum Gasteiger partial charge on any atom is 0.132 e. The minimum Gasteiger partial charge on any atom is -0.356 e. The van der Waals surface area contributed by atoms with E-state index in [1.165, 1.54) is 0 Å². The molecule has 0 bridgehead atoms. The van der Waals surface area contributed by atoms with Gasteiger partial charge in [-0.2, -0.15) is 5.26 Å². The lowest BCUT2D eigenvalue weighted by Crippen LogP contribution is -2.25.